The Kier molecular flexibility index (Phi) is 6.61. The van der Waals surface area contributed by atoms with Crippen molar-refractivity contribution in [1.82, 2.24) is 0 Å². The van der Waals surface area contributed by atoms with Gasteiger partial charge in [0.25, 0.3) is 0 Å². The summed E-state index contributed by atoms with van der Waals surface area (Å²) in [5, 5.41) is 8.34. The molecule has 0 fully saturated rings. The Bertz CT molecular complexity index is 333. The van der Waals surface area contributed by atoms with Crippen LogP contribution in [0.15, 0.2) is 18.2 Å². The maximum Gasteiger partial charge on any atom is 0.151 e. The van der Waals surface area contributed by atoms with Crippen molar-refractivity contribution in [2.75, 3.05) is 0 Å². The molecule has 0 amide bonds. The largest absolute Gasteiger partial charge is 0.379 e. The van der Waals surface area contributed by atoms with Gasteiger partial charge < -0.3 is 5.73 Å². The first-order chi connectivity index (χ1) is 6.09. The smallest absolute Gasteiger partial charge is 0.151 e. The molecule has 0 saturated heterocycles. The number of thioether (sulfide) groups is 1. The van der Waals surface area contributed by atoms with Gasteiger partial charge in [-0.15, -0.1) is 17.0 Å². The van der Waals surface area contributed by atoms with E-state index in [1.807, 2.05) is 6.07 Å². The summed E-state index contributed by atoms with van der Waals surface area (Å²) in [5.74, 6) is 0.603. The molecule has 2 nitrogen and oxygen atoms in total. The van der Waals surface area contributed by atoms with Gasteiger partial charge in [0.15, 0.2) is 5.17 Å². The maximum atomic E-state index is 7.03. The van der Waals surface area contributed by atoms with Crippen LogP contribution in [0.5, 0.6) is 0 Å². The predicted octanol–water partition coefficient (Wildman–Crippen LogP) is 3.70. The summed E-state index contributed by atoms with van der Waals surface area (Å²) in [4.78, 5) is 0. The second-order valence-corrected chi connectivity index (χ2v) is 4.25. The van der Waals surface area contributed by atoms with E-state index < -0.39 is 0 Å². The molecule has 0 heterocycles. The van der Waals surface area contributed by atoms with Gasteiger partial charge in [-0.25, -0.2) is 0 Å². The fourth-order valence-electron chi connectivity index (χ4n) is 0.794. The van der Waals surface area contributed by atoms with Crippen molar-refractivity contribution in [2.45, 2.75) is 5.75 Å². The summed E-state index contributed by atoms with van der Waals surface area (Å²) in [7, 11) is 0. The molecular formula is C8H9BrCl2N2S. The SMILES string of the molecule is Br.N=C(N)SCc1ccc(Cl)cc1Cl. The molecule has 0 saturated carbocycles. The van der Waals surface area contributed by atoms with Crippen molar-refractivity contribution in [3.05, 3.63) is 33.8 Å². The lowest BCUT2D eigenvalue weighted by Crippen LogP contribution is -2.03. The number of hydrogen-bond acceptors (Lipinski definition) is 2. The zero-order valence-corrected chi connectivity index (χ0v) is 11.1. The molecule has 0 aromatic heterocycles. The van der Waals surface area contributed by atoms with E-state index in [1.54, 1.807) is 12.1 Å². The lowest BCUT2D eigenvalue weighted by atomic mass is 10.2. The van der Waals surface area contributed by atoms with E-state index in [-0.39, 0.29) is 22.1 Å². The third-order valence-electron chi connectivity index (χ3n) is 1.40. The quantitative estimate of drug-likeness (QED) is 0.646. The summed E-state index contributed by atoms with van der Waals surface area (Å²) in [6.07, 6.45) is 0. The van der Waals surface area contributed by atoms with Gasteiger partial charge in [-0.2, -0.15) is 0 Å². The van der Waals surface area contributed by atoms with Crippen LogP contribution in [0.2, 0.25) is 10.0 Å². The van der Waals surface area contributed by atoms with Gasteiger partial charge in [-0.3, -0.25) is 5.41 Å². The first-order valence-corrected chi connectivity index (χ1v) is 5.24. The minimum atomic E-state index is 0. The van der Waals surface area contributed by atoms with Gasteiger partial charge in [0.05, 0.1) is 0 Å². The van der Waals surface area contributed by atoms with E-state index in [9.17, 15) is 0 Å². The molecular weight excluding hydrogens is 307 g/mol. The molecule has 0 unspecified atom stereocenters. The van der Waals surface area contributed by atoms with E-state index in [2.05, 4.69) is 0 Å². The lowest BCUT2D eigenvalue weighted by Gasteiger charge is -2.02. The Morgan fingerprint density at radius 1 is 1.43 bits per heavy atom. The fraction of sp³-hybridized carbons (Fsp3) is 0.125. The van der Waals surface area contributed by atoms with E-state index in [1.165, 1.54) is 11.8 Å². The van der Waals surface area contributed by atoms with Crippen LogP contribution < -0.4 is 5.73 Å². The van der Waals surface area contributed by atoms with Crippen LogP contribution in [-0.2, 0) is 5.75 Å². The Morgan fingerprint density at radius 3 is 2.57 bits per heavy atom. The number of benzene rings is 1. The molecule has 0 aliphatic rings. The van der Waals surface area contributed by atoms with Gasteiger partial charge in [0.1, 0.15) is 0 Å². The highest BCUT2D eigenvalue weighted by Crippen LogP contribution is 2.24. The second kappa shape index (κ2) is 6.56. The summed E-state index contributed by atoms with van der Waals surface area (Å²) in [5.41, 5.74) is 6.13. The summed E-state index contributed by atoms with van der Waals surface area (Å²) < 4.78 is 0. The molecule has 1 aromatic carbocycles. The molecule has 1 rings (SSSR count). The predicted molar refractivity (Wildman–Crippen MR) is 70.0 cm³/mol. The van der Waals surface area contributed by atoms with Crippen molar-refractivity contribution in [3.8, 4) is 0 Å². The van der Waals surface area contributed by atoms with Crippen molar-refractivity contribution >= 4 is 57.1 Å². The van der Waals surface area contributed by atoms with Crippen LogP contribution in [0.1, 0.15) is 5.56 Å². The number of halogens is 3. The van der Waals surface area contributed by atoms with Gasteiger partial charge in [-0.1, -0.05) is 41.0 Å². The Labute approximate surface area is 107 Å². The minimum Gasteiger partial charge on any atom is -0.379 e. The molecule has 14 heavy (non-hydrogen) atoms. The van der Waals surface area contributed by atoms with E-state index in [4.69, 9.17) is 34.3 Å². The molecule has 6 heteroatoms. The van der Waals surface area contributed by atoms with E-state index in [0.29, 0.717) is 15.8 Å². The second-order valence-electron chi connectivity index (χ2n) is 2.39. The number of nitrogens with one attached hydrogen (secondary N) is 1. The molecule has 0 atom stereocenters. The van der Waals surface area contributed by atoms with Gasteiger partial charge in [0.2, 0.25) is 0 Å². The third kappa shape index (κ3) is 4.55. The zero-order valence-electron chi connectivity index (χ0n) is 7.09. The third-order valence-corrected chi connectivity index (χ3v) is 2.75. The maximum absolute atomic E-state index is 7.03. The Hall–Kier alpha value is 0.1000. The van der Waals surface area contributed by atoms with Crippen molar-refractivity contribution < 1.29 is 0 Å². The topological polar surface area (TPSA) is 49.9 Å². The van der Waals surface area contributed by atoms with Crippen LogP contribution in [-0.4, -0.2) is 5.17 Å². The molecule has 0 radical (unpaired) electrons. The van der Waals surface area contributed by atoms with Gasteiger partial charge in [-0.05, 0) is 17.7 Å². The zero-order chi connectivity index (χ0) is 9.84. The van der Waals surface area contributed by atoms with Crippen LogP contribution in [0.25, 0.3) is 0 Å². The number of nitrogens with two attached hydrogens (primary N) is 1. The summed E-state index contributed by atoms with van der Waals surface area (Å²) in [6.45, 7) is 0. The van der Waals surface area contributed by atoms with Crippen molar-refractivity contribution in [1.29, 1.82) is 5.41 Å². The number of hydrogen-bond donors (Lipinski definition) is 2. The monoisotopic (exact) mass is 314 g/mol. The highest BCUT2D eigenvalue weighted by Gasteiger charge is 2.01. The Balaban J connectivity index is 0.00000169. The average molecular weight is 316 g/mol. The normalized spacial score (nSPS) is 9.29. The van der Waals surface area contributed by atoms with E-state index in [0.717, 1.165) is 5.56 Å². The van der Waals surface area contributed by atoms with Crippen molar-refractivity contribution in [3.63, 3.8) is 0 Å². The molecule has 0 spiro atoms. The standard InChI is InChI=1S/C8H8Cl2N2S.BrH/c9-6-2-1-5(7(10)3-6)4-13-8(11)12;/h1-3H,4H2,(H3,11,12);1H. The average Bonchev–Trinajstić information content (AvgIpc) is 2.02. The molecule has 3 N–H and O–H groups in total. The molecule has 1 aromatic rings. The lowest BCUT2D eigenvalue weighted by molar-refractivity contribution is 1.42. The van der Waals surface area contributed by atoms with E-state index >= 15 is 0 Å². The van der Waals surface area contributed by atoms with Crippen LogP contribution in [0, 0.1) is 5.41 Å². The summed E-state index contributed by atoms with van der Waals surface area (Å²) >= 11 is 12.9. The Morgan fingerprint density at radius 2 is 2.07 bits per heavy atom. The molecule has 0 aliphatic heterocycles. The molecule has 0 aliphatic carbocycles. The van der Waals surface area contributed by atoms with Crippen LogP contribution in [0.4, 0.5) is 0 Å². The molecule has 0 bridgehead atoms. The van der Waals surface area contributed by atoms with Gasteiger partial charge in [0, 0.05) is 15.8 Å². The molecule has 78 valence electrons. The highest BCUT2D eigenvalue weighted by atomic mass is 79.9. The minimum absolute atomic E-state index is 0. The first kappa shape index (κ1) is 14.1. The van der Waals surface area contributed by atoms with Crippen molar-refractivity contribution in [2.24, 2.45) is 5.73 Å². The van der Waals surface area contributed by atoms with Crippen LogP contribution in [0.3, 0.4) is 0 Å². The summed E-state index contributed by atoms with van der Waals surface area (Å²) in [6, 6.07) is 5.28. The number of amidine groups is 1. The highest BCUT2D eigenvalue weighted by molar-refractivity contribution is 8.93. The fourth-order valence-corrected chi connectivity index (χ4v) is 1.91. The first-order valence-electron chi connectivity index (χ1n) is 3.50. The van der Waals surface area contributed by atoms with Crippen LogP contribution >= 0.6 is 51.9 Å². The van der Waals surface area contributed by atoms with Gasteiger partial charge >= 0.3 is 0 Å². The number of rotatable bonds is 2.